The maximum absolute atomic E-state index is 6.57. The van der Waals surface area contributed by atoms with E-state index in [1.807, 2.05) is 48.5 Å². The number of anilines is 1. The monoisotopic (exact) mass is 400 g/mol. The summed E-state index contributed by atoms with van der Waals surface area (Å²) in [5.74, 6) is 0.914. The van der Waals surface area contributed by atoms with E-state index in [-0.39, 0.29) is 0 Å². The lowest BCUT2D eigenvalue weighted by atomic mass is 9.99. The topological polar surface area (TPSA) is 64.7 Å². The van der Waals surface area contributed by atoms with Crippen LogP contribution in [0.15, 0.2) is 60.8 Å². The van der Waals surface area contributed by atoms with Crippen LogP contribution in [0.1, 0.15) is 37.3 Å². The highest BCUT2D eigenvalue weighted by Gasteiger charge is 2.24. The molecule has 29 heavy (non-hydrogen) atoms. The first-order chi connectivity index (χ1) is 14.2. The Kier molecular flexibility index (Phi) is 4.64. The maximum atomic E-state index is 6.57. The van der Waals surface area contributed by atoms with Gasteiger partial charge in [-0.2, -0.15) is 0 Å². The van der Waals surface area contributed by atoms with Gasteiger partial charge in [0.1, 0.15) is 5.82 Å². The zero-order valence-corrected chi connectivity index (χ0v) is 16.7. The fraction of sp³-hybridized carbons (Fsp3) is 0.208. The molecule has 5 rings (SSSR count). The molecule has 1 fully saturated rings. The van der Waals surface area contributed by atoms with Gasteiger partial charge in [-0.15, -0.1) is 0 Å². The van der Waals surface area contributed by atoms with Crippen LogP contribution in [0.5, 0.6) is 0 Å². The van der Waals surface area contributed by atoms with E-state index in [9.17, 15) is 0 Å². The van der Waals surface area contributed by atoms with Gasteiger partial charge in [0, 0.05) is 28.6 Å². The quantitative estimate of drug-likeness (QED) is 0.441. The van der Waals surface area contributed by atoms with Crippen LogP contribution < -0.4 is 5.73 Å². The van der Waals surface area contributed by atoms with E-state index in [0.29, 0.717) is 16.8 Å². The third kappa shape index (κ3) is 3.34. The summed E-state index contributed by atoms with van der Waals surface area (Å²) in [4.78, 5) is 14.3. The average molecular weight is 401 g/mol. The van der Waals surface area contributed by atoms with E-state index >= 15 is 0 Å². The number of hydrogen-bond donors (Lipinski definition) is 1. The van der Waals surface area contributed by atoms with Gasteiger partial charge in [0.25, 0.3) is 0 Å². The highest BCUT2D eigenvalue weighted by atomic mass is 35.5. The average Bonchev–Trinajstić information content (AvgIpc) is 3.29. The van der Waals surface area contributed by atoms with Crippen molar-refractivity contribution in [1.29, 1.82) is 0 Å². The minimum absolute atomic E-state index is 0.378. The molecule has 1 aliphatic carbocycles. The molecule has 2 aromatic carbocycles. The molecule has 0 saturated heterocycles. The molecule has 144 valence electrons. The van der Waals surface area contributed by atoms with Gasteiger partial charge in [-0.3, -0.25) is 4.98 Å². The standard InChI is InChI=1S/C24H21ClN4/c25-19-14-18(13-17-11-6-12-27-20(17)19)22-21(15-7-2-1-3-8-15)29-24(26)23(28-22)16-9-4-5-10-16/h1-3,6-8,11-14,16H,4-5,9-10H2,(H2,26,29). The summed E-state index contributed by atoms with van der Waals surface area (Å²) < 4.78 is 0. The third-order valence-electron chi connectivity index (χ3n) is 5.67. The van der Waals surface area contributed by atoms with Crippen LogP contribution in [0.2, 0.25) is 5.02 Å². The molecule has 0 radical (unpaired) electrons. The Bertz CT molecular complexity index is 1180. The number of aromatic nitrogens is 3. The summed E-state index contributed by atoms with van der Waals surface area (Å²) in [6, 6.07) is 18.0. The zero-order valence-electron chi connectivity index (χ0n) is 16.0. The van der Waals surface area contributed by atoms with Crippen LogP contribution in [0.3, 0.4) is 0 Å². The van der Waals surface area contributed by atoms with Crippen LogP contribution >= 0.6 is 11.6 Å². The zero-order chi connectivity index (χ0) is 19.8. The second-order valence-corrected chi connectivity index (χ2v) is 7.98. The molecule has 0 aliphatic heterocycles. The van der Waals surface area contributed by atoms with Crippen LogP contribution in [-0.2, 0) is 0 Å². The molecule has 1 saturated carbocycles. The van der Waals surface area contributed by atoms with Gasteiger partial charge in [-0.05, 0) is 31.0 Å². The van der Waals surface area contributed by atoms with Gasteiger partial charge in [-0.25, -0.2) is 9.97 Å². The Morgan fingerprint density at radius 1 is 0.862 bits per heavy atom. The number of fused-ring (bicyclic) bond motifs is 1. The molecule has 1 aliphatic rings. The van der Waals surface area contributed by atoms with Crippen molar-refractivity contribution >= 4 is 28.3 Å². The molecule has 0 atom stereocenters. The van der Waals surface area contributed by atoms with Gasteiger partial charge in [0.15, 0.2) is 0 Å². The highest BCUT2D eigenvalue weighted by Crippen LogP contribution is 2.40. The lowest BCUT2D eigenvalue weighted by Gasteiger charge is -2.17. The van der Waals surface area contributed by atoms with Gasteiger partial charge in [-0.1, -0.05) is 60.8 Å². The first-order valence-corrected chi connectivity index (χ1v) is 10.4. The molecule has 0 spiro atoms. The van der Waals surface area contributed by atoms with Crippen LogP contribution in [0.25, 0.3) is 33.4 Å². The molecule has 4 aromatic rings. The number of nitrogens with two attached hydrogens (primary N) is 1. The normalized spacial score (nSPS) is 14.5. The van der Waals surface area contributed by atoms with E-state index < -0.39 is 0 Å². The Labute approximate surface area is 174 Å². The predicted octanol–water partition coefficient (Wildman–Crippen LogP) is 6.25. The number of nitrogen functional groups attached to an aromatic ring is 1. The molecule has 4 nitrogen and oxygen atoms in total. The van der Waals surface area contributed by atoms with Gasteiger partial charge >= 0.3 is 0 Å². The van der Waals surface area contributed by atoms with Crippen molar-refractivity contribution in [2.75, 3.05) is 5.73 Å². The van der Waals surface area contributed by atoms with Gasteiger partial charge in [0.2, 0.25) is 0 Å². The summed E-state index contributed by atoms with van der Waals surface area (Å²) in [6.07, 6.45) is 6.42. The van der Waals surface area contributed by atoms with Gasteiger partial charge in [0.05, 0.1) is 27.6 Å². The molecular weight excluding hydrogens is 380 g/mol. The van der Waals surface area contributed by atoms with E-state index in [1.54, 1.807) is 6.20 Å². The number of halogens is 1. The molecule has 0 bridgehead atoms. The fourth-order valence-corrected chi connectivity index (χ4v) is 4.52. The molecule has 2 N–H and O–H groups in total. The van der Waals surface area contributed by atoms with E-state index in [1.165, 1.54) is 12.8 Å². The molecule has 0 unspecified atom stereocenters. The van der Waals surface area contributed by atoms with Crippen molar-refractivity contribution in [2.45, 2.75) is 31.6 Å². The Hall–Kier alpha value is -2.98. The summed E-state index contributed by atoms with van der Waals surface area (Å²) in [6.45, 7) is 0. The molecular formula is C24H21ClN4. The van der Waals surface area contributed by atoms with Gasteiger partial charge < -0.3 is 5.73 Å². The minimum Gasteiger partial charge on any atom is -0.382 e. The summed E-state index contributed by atoms with van der Waals surface area (Å²) in [7, 11) is 0. The van der Waals surface area contributed by atoms with Crippen LogP contribution in [0.4, 0.5) is 5.82 Å². The van der Waals surface area contributed by atoms with Crippen molar-refractivity contribution in [3.05, 3.63) is 71.5 Å². The molecule has 2 heterocycles. The SMILES string of the molecule is Nc1nc(-c2ccccc2)c(-c2cc(Cl)c3ncccc3c2)nc1C1CCCC1. The first kappa shape index (κ1) is 18.1. The lowest BCUT2D eigenvalue weighted by Crippen LogP contribution is -2.08. The minimum atomic E-state index is 0.378. The predicted molar refractivity (Wildman–Crippen MR) is 119 cm³/mol. The smallest absolute Gasteiger partial charge is 0.146 e. The third-order valence-corrected chi connectivity index (χ3v) is 5.96. The van der Waals surface area contributed by atoms with Crippen molar-refractivity contribution in [2.24, 2.45) is 0 Å². The molecule has 5 heteroatoms. The van der Waals surface area contributed by atoms with Crippen molar-refractivity contribution in [3.63, 3.8) is 0 Å². The maximum Gasteiger partial charge on any atom is 0.146 e. The second kappa shape index (κ2) is 7.45. The Morgan fingerprint density at radius 2 is 1.62 bits per heavy atom. The van der Waals surface area contributed by atoms with Crippen LogP contribution in [0, 0.1) is 0 Å². The first-order valence-electron chi connectivity index (χ1n) is 9.98. The Morgan fingerprint density at radius 3 is 2.41 bits per heavy atom. The summed E-state index contributed by atoms with van der Waals surface area (Å²) in [5, 5.41) is 1.59. The van der Waals surface area contributed by atoms with Crippen molar-refractivity contribution in [1.82, 2.24) is 15.0 Å². The number of rotatable bonds is 3. The number of nitrogens with zero attached hydrogens (tertiary/aromatic N) is 3. The molecule has 0 amide bonds. The fourth-order valence-electron chi connectivity index (χ4n) is 4.24. The van der Waals surface area contributed by atoms with E-state index in [2.05, 4.69) is 11.1 Å². The van der Waals surface area contributed by atoms with E-state index in [4.69, 9.17) is 27.3 Å². The van der Waals surface area contributed by atoms with Crippen LogP contribution in [-0.4, -0.2) is 15.0 Å². The lowest BCUT2D eigenvalue weighted by molar-refractivity contribution is 0.697. The largest absolute Gasteiger partial charge is 0.382 e. The van der Waals surface area contributed by atoms with Crippen molar-refractivity contribution in [3.8, 4) is 22.5 Å². The summed E-state index contributed by atoms with van der Waals surface area (Å²) in [5.41, 5.74) is 11.6. The van der Waals surface area contributed by atoms with E-state index in [0.717, 1.165) is 52.0 Å². The Balaban J connectivity index is 1.76. The second-order valence-electron chi connectivity index (χ2n) is 7.57. The highest BCUT2D eigenvalue weighted by molar-refractivity contribution is 6.35. The number of hydrogen-bond acceptors (Lipinski definition) is 4. The number of benzene rings is 2. The molecule has 2 aromatic heterocycles. The number of pyridine rings is 1. The van der Waals surface area contributed by atoms with Crippen molar-refractivity contribution < 1.29 is 0 Å². The summed E-state index contributed by atoms with van der Waals surface area (Å²) >= 11 is 6.57.